The molecular formula is C32H35FN8O5. The third kappa shape index (κ3) is 7.56. The number of hydrogen-bond acceptors (Lipinski definition) is 11. The van der Waals surface area contributed by atoms with E-state index < -0.39 is 24.2 Å². The van der Waals surface area contributed by atoms with Gasteiger partial charge in [-0.3, -0.25) is 14.6 Å². The first-order chi connectivity index (χ1) is 22.0. The molecule has 1 amide bonds. The minimum Gasteiger partial charge on any atom is -0.469 e. The Morgan fingerprint density at radius 1 is 1.22 bits per heavy atom. The second kappa shape index (κ2) is 13.9. The van der Waals surface area contributed by atoms with E-state index in [0.717, 1.165) is 5.82 Å². The molecule has 1 fully saturated rings. The first-order valence-electron chi connectivity index (χ1n) is 14.7. The van der Waals surface area contributed by atoms with Crippen LogP contribution >= 0.6 is 0 Å². The van der Waals surface area contributed by atoms with Gasteiger partial charge in [-0.1, -0.05) is 0 Å². The van der Waals surface area contributed by atoms with Gasteiger partial charge in [-0.25, -0.2) is 13.9 Å². The van der Waals surface area contributed by atoms with Crippen molar-refractivity contribution in [2.45, 2.75) is 44.6 Å². The van der Waals surface area contributed by atoms with Crippen molar-refractivity contribution in [1.82, 2.24) is 24.9 Å². The number of fused-ring (bicyclic) bond motifs is 1. The third-order valence-corrected chi connectivity index (χ3v) is 7.64. The van der Waals surface area contributed by atoms with E-state index in [1.54, 1.807) is 22.8 Å². The van der Waals surface area contributed by atoms with Gasteiger partial charge < -0.3 is 30.1 Å². The largest absolute Gasteiger partial charge is 0.469 e. The first-order valence-corrected chi connectivity index (χ1v) is 14.7. The summed E-state index contributed by atoms with van der Waals surface area (Å²) in [6, 6.07) is 12.8. The maximum atomic E-state index is 14.4. The summed E-state index contributed by atoms with van der Waals surface area (Å²) in [7, 11) is 1.36. The van der Waals surface area contributed by atoms with Gasteiger partial charge in [0.05, 0.1) is 83.8 Å². The first kappa shape index (κ1) is 32.3. The van der Waals surface area contributed by atoms with Gasteiger partial charge in [-0.15, -0.1) is 0 Å². The standard InChI is InChI=1S/C32H35FN8O5/c1-32(2,44)28(33)18-37-31(43)24-17-35-26(27-7-5-22-12-20(14-34)15-38-41(22)27)13-25(24)39-21-4-8-29(36-16-21)40-10-11-46-23(19-40)6-9-30(42)45-3/h4-5,7-8,12-13,15-17,23,28,44H,6,9-11,18-19H2,1-3H3,(H,35,39)(H,37,43)/t23?,28-/m1/s1. The van der Waals surface area contributed by atoms with Gasteiger partial charge in [-0.2, -0.15) is 10.4 Å². The highest BCUT2D eigenvalue weighted by Crippen LogP contribution is 2.28. The number of nitriles is 1. The predicted octanol–water partition coefficient (Wildman–Crippen LogP) is 3.40. The Morgan fingerprint density at radius 3 is 2.76 bits per heavy atom. The van der Waals surface area contributed by atoms with Gasteiger partial charge in [0.25, 0.3) is 5.91 Å². The van der Waals surface area contributed by atoms with Gasteiger partial charge in [0.1, 0.15) is 18.1 Å². The fraction of sp³-hybridized carbons (Fsp3) is 0.375. The maximum Gasteiger partial charge on any atom is 0.305 e. The number of aliphatic hydroxyl groups is 1. The van der Waals surface area contributed by atoms with Crippen LogP contribution in [0.3, 0.4) is 0 Å². The van der Waals surface area contributed by atoms with Gasteiger partial charge >= 0.3 is 5.97 Å². The Hall–Kier alpha value is -5.13. The minimum atomic E-state index is -1.69. The number of pyridine rings is 2. The summed E-state index contributed by atoms with van der Waals surface area (Å²) in [6.45, 7) is 3.98. The summed E-state index contributed by atoms with van der Waals surface area (Å²) in [6.07, 6.45) is 3.48. The van der Waals surface area contributed by atoms with Crippen molar-refractivity contribution in [1.29, 1.82) is 5.26 Å². The van der Waals surface area contributed by atoms with Gasteiger partial charge in [0, 0.05) is 25.7 Å². The van der Waals surface area contributed by atoms with E-state index >= 15 is 0 Å². The average molecular weight is 631 g/mol. The lowest BCUT2D eigenvalue weighted by Gasteiger charge is -2.33. The molecule has 0 aliphatic carbocycles. The molecule has 0 bridgehead atoms. The number of rotatable bonds is 11. The number of morpholine rings is 1. The lowest BCUT2D eigenvalue weighted by Crippen LogP contribution is -2.43. The monoisotopic (exact) mass is 630 g/mol. The number of aromatic nitrogens is 4. The number of methoxy groups -OCH3 is 1. The second-order valence-corrected chi connectivity index (χ2v) is 11.4. The van der Waals surface area contributed by atoms with Crippen molar-refractivity contribution in [2.75, 3.05) is 43.6 Å². The van der Waals surface area contributed by atoms with Crippen LogP contribution in [-0.2, 0) is 14.3 Å². The molecule has 0 radical (unpaired) electrons. The summed E-state index contributed by atoms with van der Waals surface area (Å²) < 4.78 is 26.6. The highest BCUT2D eigenvalue weighted by Gasteiger charge is 2.28. The number of nitrogens with zero attached hydrogens (tertiary/aromatic N) is 6. The van der Waals surface area contributed by atoms with E-state index in [1.807, 2.05) is 24.3 Å². The zero-order chi connectivity index (χ0) is 32.8. The number of anilines is 3. The molecule has 0 aromatic carbocycles. The summed E-state index contributed by atoms with van der Waals surface area (Å²) in [5.41, 5.74) is 1.73. The molecule has 240 valence electrons. The number of carbonyl (C=O) groups is 2. The van der Waals surface area contributed by atoms with E-state index in [0.29, 0.717) is 60.0 Å². The van der Waals surface area contributed by atoms with Gasteiger partial charge in [0.2, 0.25) is 0 Å². The Morgan fingerprint density at radius 2 is 2.04 bits per heavy atom. The lowest BCUT2D eigenvalue weighted by atomic mass is 10.0. The minimum absolute atomic E-state index is 0.129. The SMILES string of the molecule is COC(=O)CCC1CN(c2ccc(Nc3cc(-c4ccc5cc(C#N)cnn45)ncc3C(=O)NC[C@@H](F)C(C)(C)O)cn2)CCO1. The van der Waals surface area contributed by atoms with Crippen molar-refractivity contribution in [3.8, 4) is 17.5 Å². The molecule has 1 aliphatic rings. The highest BCUT2D eigenvalue weighted by molar-refractivity contribution is 6.00. The quantitative estimate of drug-likeness (QED) is 0.208. The van der Waals surface area contributed by atoms with E-state index in [-0.39, 0.29) is 24.1 Å². The highest BCUT2D eigenvalue weighted by atomic mass is 19.1. The molecule has 1 unspecified atom stereocenters. The Bertz CT molecular complexity index is 1750. The van der Waals surface area contributed by atoms with Crippen LogP contribution < -0.4 is 15.5 Å². The summed E-state index contributed by atoms with van der Waals surface area (Å²) >= 11 is 0. The van der Waals surface area contributed by atoms with Crippen LogP contribution in [-0.4, -0.2) is 87.8 Å². The number of esters is 1. The lowest BCUT2D eigenvalue weighted by molar-refractivity contribution is -0.141. The molecule has 2 atom stereocenters. The molecule has 14 heteroatoms. The zero-order valence-electron chi connectivity index (χ0n) is 25.7. The van der Waals surface area contributed by atoms with Crippen molar-refractivity contribution in [3.05, 3.63) is 66.1 Å². The number of amides is 1. The second-order valence-electron chi connectivity index (χ2n) is 11.4. The third-order valence-electron chi connectivity index (χ3n) is 7.64. The molecule has 5 heterocycles. The maximum absolute atomic E-state index is 14.4. The summed E-state index contributed by atoms with van der Waals surface area (Å²) in [4.78, 5) is 36.0. The van der Waals surface area contributed by atoms with Crippen LogP contribution in [0.4, 0.5) is 21.6 Å². The van der Waals surface area contributed by atoms with Crippen LogP contribution in [0.5, 0.6) is 0 Å². The molecule has 1 aliphatic heterocycles. The van der Waals surface area contributed by atoms with Crippen molar-refractivity contribution in [2.24, 2.45) is 0 Å². The van der Waals surface area contributed by atoms with E-state index in [2.05, 4.69) is 36.7 Å². The summed E-state index contributed by atoms with van der Waals surface area (Å²) in [5, 5.41) is 29.3. The zero-order valence-corrected chi connectivity index (χ0v) is 25.7. The molecule has 46 heavy (non-hydrogen) atoms. The molecule has 4 aromatic heterocycles. The van der Waals surface area contributed by atoms with Crippen molar-refractivity contribution < 1.29 is 28.6 Å². The van der Waals surface area contributed by atoms with Crippen LogP contribution in [0.2, 0.25) is 0 Å². The molecular weight excluding hydrogens is 595 g/mol. The van der Waals surface area contributed by atoms with Crippen LogP contribution in [0.1, 0.15) is 42.6 Å². The molecule has 0 saturated carbocycles. The van der Waals surface area contributed by atoms with Gasteiger partial charge in [-0.05, 0) is 56.7 Å². The van der Waals surface area contributed by atoms with Crippen molar-refractivity contribution in [3.63, 3.8) is 0 Å². The number of ether oxygens (including phenoxy) is 2. The molecule has 4 aromatic rings. The number of carbonyl (C=O) groups excluding carboxylic acids is 2. The molecule has 3 N–H and O–H groups in total. The Balaban J connectivity index is 1.39. The van der Waals surface area contributed by atoms with Gasteiger partial charge in [0.15, 0.2) is 0 Å². The van der Waals surface area contributed by atoms with Crippen LogP contribution in [0, 0.1) is 11.3 Å². The predicted molar refractivity (Wildman–Crippen MR) is 167 cm³/mol. The van der Waals surface area contributed by atoms with E-state index in [9.17, 15) is 24.3 Å². The van der Waals surface area contributed by atoms with Crippen molar-refractivity contribution >= 4 is 34.6 Å². The summed E-state index contributed by atoms with van der Waals surface area (Å²) in [5.74, 6) is -0.132. The topological polar surface area (TPSA) is 167 Å². The van der Waals surface area contributed by atoms with Crippen LogP contribution in [0.25, 0.3) is 16.9 Å². The van der Waals surface area contributed by atoms with E-state index in [1.165, 1.54) is 33.4 Å². The molecule has 0 spiro atoms. The fourth-order valence-electron chi connectivity index (χ4n) is 4.95. The number of halogens is 1. The fourth-order valence-corrected chi connectivity index (χ4v) is 4.95. The number of hydrogen-bond donors (Lipinski definition) is 3. The van der Waals surface area contributed by atoms with E-state index in [4.69, 9.17) is 9.47 Å². The number of alkyl halides is 1. The Labute approximate surface area is 265 Å². The smallest absolute Gasteiger partial charge is 0.305 e. The molecule has 5 rings (SSSR count). The Kier molecular flexibility index (Phi) is 9.74. The normalized spacial score (nSPS) is 15.7. The average Bonchev–Trinajstić information content (AvgIpc) is 3.49. The molecule has 1 saturated heterocycles. The van der Waals surface area contributed by atoms with Crippen LogP contribution in [0.15, 0.2) is 55.0 Å². The molecule has 13 nitrogen and oxygen atoms in total. The number of nitrogens with one attached hydrogen (secondary N) is 2.